The van der Waals surface area contributed by atoms with Gasteiger partial charge in [-0.1, -0.05) is 80.6 Å². The van der Waals surface area contributed by atoms with E-state index in [1.165, 1.54) is 0 Å². The lowest BCUT2D eigenvalue weighted by atomic mass is 10.0. The number of carbonyl (C=O) groups is 2. The van der Waals surface area contributed by atoms with E-state index in [1.807, 2.05) is 82.4 Å². The van der Waals surface area contributed by atoms with Crippen LogP contribution in [0.3, 0.4) is 0 Å². The molecule has 0 saturated carbocycles. The predicted molar refractivity (Wildman–Crippen MR) is 157 cm³/mol. The third-order valence-corrected chi connectivity index (χ3v) is 6.99. The Bertz CT molecular complexity index is 1450. The summed E-state index contributed by atoms with van der Waals surface area (Å²) >= 11 is 0. The average Bonchev–Trinajstić information content (AvgIpc) is 3.40. The highest BCUT2D eigenvalue weighted by Crippen LogP contribution is 2.24. The molecule has 0 radical (unpaired) electrons. The first-order valence-corrected chi connectivity index (χ1v) is 14.0. The van der Waals surface area contributed by atoms with Crippen molar-refractivity contribution in [3.63, 3.8) is 0 Å². The second-order valence-corrected chi connectivity index (χ2v) is 10.5. The molecule has 1 aromatic heterocycles. The van der Waals surface area contributed by atoms with Crippen molar-refractivity contribution < 1.29 is 14.3 Å². The largest absolute Gasteiger partial charge is 0.492 e. The lowest BCUT2D eigenvalue weighted by Gasteiger charge is -2.26. The molecule has 1 aliphatic heterocycles. The highest BCUT2D eigenvalue weighted by molar-refractivity contribution is 5.94. The number of ether oxygens (including phenoxy) is 1. The van der Waals surface area contributed by atoms with E-state index in [9.17, 15) is 9.59 Å². The fourth-order valence-electron chi connectivity index (χ4n) is 4.87. The van der Waals surface area contributed by atoms with Gasteiger partial charge in [0.15, 0.2) is 11.6 Å². The minimum Gasteiger partial charge on any atom is -0.492 e. The van der Waals surface area contributed by atoms with Gasteiger partial charge < -0.3 is 15.4 Å². The fourth-order valence-corrected chi connectivity index (χ4v) is 4.87. The summed E-state index contributed by atoms with van der Waals surface area (Å²) in [4.78, 5) is 33.3. The standard InChI is InChI=1S/C32H36N6O3/c1-23(2)29-31-35-30(25-12-7-4-8-13-25)36-38(31)18-19-41-27-15-9-14-26(20-27)32(40)33-16-17-37(22-28(39)34-29)21-24-10-5-3-6-11-24/h3-15,20,23,29H,16-19,21-22H2,1-2H3,(H,33,40)(H,34,39)/t29-/m0/s1. The second-order valence-electron chi connectivity index (χ2n) is 10.5. The topological polar surface area (TPSA) is 101 Å². The first-order chi connectivity index (χ1) is 20.0. The Kier molecular flexibility index (Phi) is 9.05. The molecule has 9 nitrogen and oxygen atoms in total. The van der Waals surface area contributed by atoms with Crippen LogP contribution < -0.4 is 15.4 Å². The molecule has 0 saturated heterocycles. The van der Waals surface area contributed by atoms with Gasteiger partial charge in [0, 0.05) is 30.8 Å². The maximum atomic E-state index is 13.5. The molecule has 9 heteroatoms. The summed E-state index contributed by atoms with van der Waals surface area (Å²) in [5.41, 5.74) is 2.51. The van der Waals surface area contributed by atoms with Crippen LogP contribution in [-0.4, -0.2) is 57.7 Å². The Labute approximate surface area is 240 Å². The van der Waals surface area contributed by atoms with Gasteiger partial charge in [-0.2, -0.15) is 5.10 Å². The Balaban J connectivity index is 1.47. The number of nitrogens with zero attached hydrogens (tertiary/aromatic N) is 4. The number of hydrogen-bond donors (Lipinski definition) is 2. The third kappa shape index (κ3) is 7.37. The van der Waals surface area contributed by atoms with Crippen LogP contribution in [0.4, 0.5) is 0 Å². The molecule has 2 heterocycles. The average molecular weight is 553 g/mol. The van der Waals surface area contributed by atoms with Crippen LogP contribution >= 0.6 is 0 Å². The van der Waals surface area contributed by atoms with Gasteiger partial charge in [-0.05, 0) is 29.7 Å². The first-order valence-electron chi connectivity index (χ1n) is 14.0. The number of rotatable bonds is 4. The lowest BCUT2D eigenvalue weighted by Crippen LogP contribution is -2.43. The zero-order chi connectivity index (χ0) is 28.6. The smallest absolute Gasteiger partial charge is 0.251 e. The van der Waals surface area contributed by atoms with Crippen molar-refractivity contribution in [2.75, 3.05) is 26.2 Å². The van der Waals surface area contributed by atoms with E-state index in [2.05, 4.69) is 24.5 Å². The zero-order valence-electron chi connectivity index (χ0n) is 23.5. The monoisotopic (exact) mass is 552 g/mol. The molecule has 3 aromatic carbocycles. The van der Waals surface area contributed by atoms with E-state index in [0.29, 0.717) is 55.7 Å². The molecule has 0 fully saturated rings. The van der Waals surface area contributed by atoms with Gasteiger partial charge in [-0.25, -0.2) is 9.67 Å². The summed E-state index contributed by atoms with van der Waals surface area (Å²) in [7, 11) is 0. The quantitative estimate of drug-likeness (QED) is 0.396. The molecule has 2 bridgehead atoms. The van der Waals surface area contributed by atoms with Gasteiger partial charge in [-0.15, -0.1) is 0 Å². The van der Waals surface area contributed by atoms with Crippen LogP contribution in [0.2, 0.25) is 0 Å². The summed E-state index contributed by atoms with van der Waals surface area (Å²) in [6.07, 6.45) is 0. The van der Waals surface area contributed by atoms with Crippen molar-refractivity contribution in [3.8, 4) is 17.1 Å². The highest BCUT2D eigenvalue weighted by Gasteiger charge is 2.26. The Hall–Kier alpha value is -4.50. The minimum absolute atomic E-state index is 0.0621. The number of benzene rings is 3. The van der Waals surface area contributed by atoms with E-state index in [0.717, 1.165) is 11.1 Å². The van der Waals surface area contributed by atoms with Crippen LogP contribution in [0.1, 0.15) is 41.6 Å². The van der Waals surface area contributed by atoms with E-state index < -0.39 is 0 Å². The molecule has 41 heavy (non-hydrogen) atoms. The normalized spacial score (nSPS) is 17.2. The van der Waals surface area contributed by atoms with E-state index in [4.69, 9.17) is 14.8 Å². The summed E-state index contributed by atoms with van der Waals surface area (Å²) < 4.78 is 7.85. The van der Waals surface area contributed by atoms with Crippen molar-refractivity contribution in [1.82, 2.24) is 30.3 Å². The van der Waals surface area contributed by atoms with Gasteiger partial charge >= 0.3 is 0 Å². The summed E-state index contributed by atoms with van der Waals surface area (Å²) in [5.74, 6) is 1.64. The van der Waals surface area contributed by atoms with Crippen molar-refractivity contribution in [2.45, 2.75) is 33.0 Å². The molecule has 4 aromatic rings. The van der Waals surface area contributed by atoms with Gasteiger partial charge in [-0.3, -0.25) is 14.5 Å². The number of carbonyl (C=O) groups excluding carboxylic acids is 2. The van der Waals surface area contributed by atoms with Gasteiger partial charge in [0.25, 0.3) is 5.91 Å². The number of hydrogen-bond acceptors (Lipinski definition) is 6. The lowest BCUT2D eigenvalue weighted by molar-refractivity contribution is -0.123. The first kappa shape index (κ1) is 28.0. The molecule has 212 valence electrons. The van der Waals surface area contributed by atoms with Crippen LogP contribution in [0.25, 0.3) is 11.4 Å². The molecule has 0 spiro atoms. The van der Waals surface area contributed by atoms with Crippen LogP contribution in [0.5, 0.6) is 5.75 Å². The minimum atomic E-state index is -0.357. The summed E-state index contributed by atoms with van der Waals surface area (Å²) in [6.45, 7) is 6.52. The molecule has 0 unspecified atom stereocenters. The van der Waals surface area contributed by atoms with Crippen molar-refractivity contribution >= 4 is 11.8 Å². The van der Waals surface area contributed by atoms with E-state index in [-0.39, 0.29) is 30.3 Å². The number of nitrogens with one attached hydrogen (secondary N) is 2. The number of fused-ring (bicyclic) bond motifs is 3. The molecular weight excluding hydrogens is 516 g/mol. The molecule has 1 atom stereocenters. The predicted octanol–water partition coefficient (Wildman–Crippen LogP) is 4.08. The van der Waals surface area contributed by atoms with Crippen molar-refractivity contribution in [2.24, 2.45) is 5.92 Å². The van der Waals surface area contributed by atoms with E-state index >= 15 is 0 Å². The van der Waals surface area contributed by atoms with E-state index in [1.54, 1.807) is 12.1 Å². The molecular formula is C32H36N6O3. The van der Waals surface area contributed by atoms with Crippen molar-refractivity contribution in [1.29, 1.82) is 0 Å². The van der Waals surface area contributed by atoms with Crippen LogP contribution in [-0.2, 0) is 17.9 Å². The SMILES string of the molecule is CC(C)[C@@H]1NC(=O)CN(Cc2ccccc2)CCNC(=O)c2cccc(c2)OCCn2nc(-c3ccccc3)nc21. The second kappa shape index (κ2) is 13.2. The fraction of sp³-hybridized carbons (Fsp3) is 0.312. The Morgan fingerprint density at radius 2 is 1.66 bits per heavy atom. The molecule has 5 rings (SSSR count). The van der Waals surface area contributed by atoms with Gasteiger partial charge in [0.05, 0.1) is 19.1 Å². The zero-order valence-corrected chi connectivity index (χ0v) is 23.5. The highest BCUT2D eigenvalue weighted by atomic mass is 16.5. The molecule has 1 aliphatic rings. The maximum absolute atomic E-state index is 13.5. The molecule has 0 aliphatic carbocycles. The number of amides is 2. The van der Waals surface area contributed by atoms with Crippen molar-refractivity contribution in [3.05, 3.63) is 102 Å². The molecule has 2 N–H and O–H groups in total. The Morgan fingerprint density at radius 3 is 2.41 bits per heavy atom. The third-order valence-electron chi connectivity index (χ3n) is 6.99. The summed E-state index contributed by atoms with van der Waals surface area (Å²) in [6, 6.07) is 26.6. The van der Waals surface area contributed by atoms with Gasteiger partial charge in [0.2, 0.25) is 5.91 Å². The maximum Gasteiger partial charge on any atom is 0.251 e. The Morgan fingerprint density at radius 1 is 0.927 bits per heavy atom. The van der Waals surface area contributed by atoms with Gasteiger partial charge in [0.1, 0.15) is 12.4 Å². The molecule has 2 amide bonds. The van der Waals surface area contributed by atoms with Crippen LogP contribution in [0.15, 0.2) is 84.9 Å². The van der Waals surface area contributed by atoms with Crippen LogP contribution in [0, 0.1) is 5.92 Å². The summed E-state index contributed by atoms with van der Waals surface area (Å²) in [5, 5.41) is 11.0. The number of aromatic nitrogens is 3.